The Morgan fingerprint density at radius 3 is 1.76 bits per heavy atom. The average Bonchev–Trinajstić information content (AvgIpc) is 2.95. The average molecular weight is 554 g/mol. The van der Waals surface area contributed by atoms with Crippen molar-refractivity contribution in [2.75, 3.05) is 34.1 Å². The molecule has 2 aromatic heterocycles. The maximum atomic E-state index is 5.96. The zero-order valence-corrected chi connectivity index (χ0v) is 24.1. The highest BCUT2D eigenvalue weighted by molar-refractivity contribution is 7.55. The van der Waals surface area contributed by atoms with Crippen LogP contribution in [-0.4, -0.2) is 74.4 Å². The molecule has 3 aromatic rings. The Hall–Kier alpha value is -3.02. The van der Waals surface area contributed by atoms with Gasteiger partial charge < -0.3 is 18.9 Å². The molecule has 1 aromatic carbocycles. The molecule has 0 saturated carbocycles. The third-order valence-corrected chi connectivity index (χ3v) is 7.06. The Kier molecular flexibility index (Phi) is 12.5. The highest BCUT2D eigenvalue weighted by Gasteiger charge is 2.16. The summed E-state index contributed by atoms with van der Waals surface area (Å²) in [5, 5.41) is 0. The van der Waals surface area contributed by atoms with Crippen LogP contribution < -0.4 is 9.47 Å². The maximum absolute atomic E-state index is 5.96. The van der Waals surface area contributed by atoms with Crippen LogP contribution in [0.3, 0.4) is 0 Å². The van der Waals surface area contributed by atoms with Crippen LogP contribution in [0.2, 0.25) is 0 Å². The van der Waals surface area contributed by atoms with Gasteiger partial charge in [0.25, 0.3) is 0 Å². The molecule has 0 aliphatic carbocycles. The topological polar surface area (TPSA) is 87.4 Å². The molecule has 3 rings (SSSR count). The minimum atomic E-state index is -0.548. The van der Waals surface area contributed by atoms with Crippen LogP contribution in [0, 0.1) is 0 Å². The molecule has 2 heterocycles. The number of rotatable bonds is 15. The largest absolute Gasteiger partial charge is 0.495 e. The van der Waals surface area contributed by atoms with Crippen molar-refractivity contribution in [1.82, 2.24) is 9.97 Å². The second-order valence-corrected chi connectivity index (χ2v) is 11.3. The monoisotopic (exact) mass is 553 g/mol. The van der Waals surface area contributed by atoms with Crippen molar-refractivity contribution in [3.05, 3.63) is 83.4 Å². The Labute approximate surface area is 228 Å². The Morgan fingerprint density at radius 1 is 0.816 bits per heavy atom. The molecular formula is C28H35N4O4P2+. The van der Waals surface area contributed by atoms with Gasteiger partial charge in [-0.05, 0) is 35.4 Å². The molecule has 200 valence electrons. The van der Waals surface area contributed by atoms with Gasteiger partial charge in [0.1, 0.15) is 25.7 Å². The molecule has 0 aliphatic heterocycles. The lowest BCUT2D eigenvalue weighted by Gasteiger charge is -2.09. The van der Waals surface area contributed by atoms with Crippen LogP contribution in [0.15, 0.2) is 70.9 Å². The van der Waals surface area contributed by atoms with Crippen molar-refractivity contribution in [2.24, 2.45) is 9.98 Å². The first kappa shape index (κ1) is 29.5. The summed E-state index contributed by atoms with van der Waals surface area (Å²) in [7, 11) is 5.37. The number of ether oxygens (including phenoxy) is 4. The summed E-state index contributed by atoms with van der Waals surface area (Å²) in [6.07, 6.45) is 11.0. The van der Waals surface area contributed by atoms with Gasteiger partial charge in [-0.15, -0.1) is 9.24 Å². The summed E-state index contributed by atoms with van der Waals surface area (Å²) in [6, 6.07) is 15.7. The number of aromatic nitrogens is 2. The van der Waals surface area contributed by atoms with Crippen molar-refractivity contribution in [1.29, 1.82) is 0 Å². The van der Waals surface area contributed by atoms with E-state index in [1.54, 1.807) is 39.0 Å². The zero-order valence-electron chi connectivity index (χ0n) is 22.1. The Morgan fingerprint density at radius 2 is 1.32 bits per heavy atom. The van der Waals surface area contributed by atoms with E-state index in [9.17, 15) is 0 Å². The lowest BCUT2D eigenvalue weighted by Crippen LogP contribution is -2.10. The van der Waals surface area contributed by atoms with Crippen LogP contribution in [0.5, 0.6) is 11.5 Å². The van der Waals surface area contributed by atoms with E-state index in [1.165, 1.54) is 0 Å². The van der Waals surface area contributed by atoms with E-state index in [1.807, 2.05) is 24.3 Å². The molecule has 10 heteroatoms. The molecule has 4 atom stereocenters. The summed E-state index contributed by atoms with van der Waals surface area (Å²) in [4.78, 5) is 17.7. The standard InChI is InChI=1S/C28H35N4O4P2/c1-33-25-11-9-23(29-15-25)13-31-27(37)19-35-17-21-5-7-22(8-6-21)18-36-20-28(38(3)4)32-14-24-10-12-26(34-2)16-30-24/h5-16,27-28H,3,17-20,37H2,1-2,4H3/q+1. The number of aliphatic imine (C=N–C) groups is 2. The smallest absolute Gasteiger partial charge is 0.227 e. The molecule has 0 saturated heterocycles. The molecule has 0 bridgehead atoms. The number of hydrogen-bond acceptors (Lipinski definition) is 8. The van der Waals surface area contributed by atoms with Crippen molar-refractivity contribution < 1.29 is 18.9 Å². The first-order valence-electron chi connectivity index (χ1n) is 12.1. The van der Waals surface area contributed by atoms with Crippen LogP contribution in [0.1, 0.15) is 22.5 Å². The lowest BCUT2D eigenvalue weighted by atomic mass is 10.1. The van der Waals surface area contributed by atoms with E-state index < -0.39 is 7.55 Å². The SMILES string of the molecule is C=[P+](C)C(COCc1ccc(COCC(P)N=Cc2ccc(OC)cn2)cc1)N=Cc1ccc(OC)cn1. The second kappa shape index (κ2) is 16.1. The highest BCUT2D eigenvalue weighted by Crippen LogP contribution is 2.24. The summed E-state index contributed by atoms with van der Waals surface area (Å²) in [5.41, 5.74) is 3.74. The van der Waals surface area contributed by atoms with Crippen molar-refractivity contribution in [3.8, 4) is 11.5 Å². The number of benzene rings is 1. The van der Waals surface area contributed by atoms with Crippen molar-refractivity contribution >= 4 is 35.5 Å². The van der Waals surface area contributed by atoms with Gasteiger partial charge >= 0.3 is 0 Å². The van der Waals surface area contributed by atoms with Crippen LogP contribution in [0.25, 0.3) is 0 Å². The van der Waals surface area contributed by atoms with Crippen molar-refractivity contribution in [2.45, 2.75) is 24.8 Å². The minimum absolute atomic E-state index is 0.00425. The fourth-order valence-electron chi connectivity index (χ4n) is 3.15. The van der Waals surface area contributed by atoms with Crippen molar-refractivity contribution in [3.63, 3.8) is 0 Å². The molecule has 4 unspecified atom stereocenters. The van der Waals surface area contributed by atoms with E-state index >= 15 is 0 Å². The van der Waals surface area contributed by atoms with Crippen LogP contribution in [-0.2, 0) is 22.7 Å². The molecule has 0 aliphatic rings. The summed E-state index contributed by atoms with van der Waals surface area (Å²) in [6.45, 7) is 4.11. The molecule has 0 amide bonds. The predicted molar refractivity (Wildman–Crippen MR) is 160 cm³/mol. The van der Waals surface area contributed by atoms with Gasteiger partial charge in [0, 0.05) is 6.21 Å². The molecule has 38 heavy (non-hydrogen) atoms. The second-order valence-electron chi connectivity index (χ2n) is 8.45. The summed E-state index contributed by atoms with van der Waals surface area (Å²) < 4.78 is 22.0. The third-order valence-electron chi connectivity index (χ3n) is 5.39. The number of pyridine rings is 2. The molecule has 8 nitrogen and oxygen atoms in total. The highest BCUT2D eigenvalue weighted by atomic mass is 31.1. The first-order chi connectivity index (χ1) is 18.5. The fourth-order valence-corrected chi connectivity index (χ4v) is 4.03. The normalized spacial score (nSPS) is 13.5. The van der Waals surface area contributed by atoms with E-state index in [0.29, 0.717) is 26.4 Å². The van der Waals surface area contributed by atoms with Crippen LogP contribution in [0.4, 0.5) is 0 Å². The Balaban J connectivity index is 1.38. The predicted octanol–water partition coefficient (Wildman–Crippen LogP) is 4.84. The third kappa shape index (κ3) is 10.4. The number of methoxy groups -OCH3 is 2. The van der Waals surface area contributed by atoms with Gasteiger partial charge in [0.2, 0.25) is 5.78 Å². The Bertz CT molecular complexity index is 1190. The van der Waals surface area contributed by atoms with E-state index in [4.69, 9.17) is 18.9 Å². The molecule has 0 fully saturated rings. The molecular weight excluding hydrogens is 518 g/mol. The fraction of sp³-hybridized carbons (Fsp3) is 0.321. The summed E-state index contributed by atoms with van der Waals surface area (Å²) in [5.74, 6) is 1.39. The van der Waals surface area contributed by atoms with Gasteiger partial charge in [-0.3, -0.25) is 15.0 Å². The first-order valence-corrected chi connectivity index (χ1v) is 14.8. The minimum Gasteiger partial charge on any atom is -0.495 e. The number of nitrogens with zero attached hydrogens (tertiary/aromatic N) is 4. The molecule has 0 spiro atoms. The molecule has 0 radical (unpaired) electrons. The molecule has 0 N–H and O–H groups in total. The summed E-state index contributed by atoms with van der Waals surface area (Å²) >= 11 is 0. The lowest BCUT2D eigenvalue weighted by molar-refractivity contribution is 0.121. The van der Waals surface area contributed by atoms with Gasteiger partial charge in [-0.25, -0.2) is 4.99 Å². The van der Waals surface area contributed by atoms with E-state index in [2.05, 4.69) is 66.4 Å². The van der Waals surface area contributed by atoms with Gasteiger partial charge in [0.05, 0.1) is 82.8 Å². The quantitative estimate of drug-likeness (QED) is 0.198. The van der Waals surface area contributed by atoms with Gasteiger partial charge in [-0.1, -0.05) is 24.3 Å². The number of hydrogen-bond donors (Lipinski definition) is 0. The van der Waals surface area contributed by atoms with Gasteiger partial charge in [-0.2, -0.15) is 0 Å². The van der Waals surface area contributed by atoms with E-state index in [0.717, 1.165) is 34.0 Å². The van der Waals surface area contributed by atoms with Crippen LogP contribution >= 0.6 is 16.8 Å². The zero-order chi connectivity index (χ0) is 27.2. The van der Waals surface area contributed by atoms with Gasteiger partial charge in [0.15, 0.2) is 0 Å². The van der Waals surface area contributed by atoms with E-state index in [-0.39, 0.29) is 11.6 Å². The maximum Gasteiger partial charge on any atom is 0.227 e.